The number of nitrogens with one attached hydrogen (secondary N) is 4. The van der Waals surface area contributed by atoms with Crippen LogP contribution in [-0.2, 0) is 11.2 Å². The Morgan fingerprint density at radius 1 is 1.04 bits per heavy atom. The van der Waals surface area contributed by atoms with Crippen LogP contribution in [0, 0.1) is 5.92 Å². The van der Waals surface area contributed by atoms with Crippen molar-refractivity contribution in [3.05, 3.63) is 71.4 Å². The van der Waals surface area contributed by atoms with Gasteiger partial charge < -0.3 is 20.7 Å². The highest BCUT2D eigenvalue weighted by Gasteiger charge is 2.17. The Labute approximate surface area is 269 Å². The second kappa shape index (κ2) is 16.2. The summed E-state index contributed by atoms with van der Waals surface area (Å²) in [6.45, 7) is 11.6. The maximum absolute atomic E-state index is 13.0. The third kappa shape index (κ3) is 9.89. The summed E-state index contributed by atoms with van der Waals surface area (Å²) in [6.07, 6.45) is 6.53. The molecule has 0 saturated heterocycles. The van der Waals surface area contributed by atoms with Crippen molar-refractivity contribution in [1.29, 1.82) is 0 Å². The Morgan fingerprint density at radius 3 is 2.44 bits per heavy atom. The second-order valence-corrected chi connectivity index (χ2v) is 12.5. The van der Waals surface area contributed by atoms with E-state index in [1.165, 1.54) is 23.1 Å². The molecule has 0 fully saturated rings. The molecule has 1 aliphatic heterocycles. The number of thiazole rings is 1. The van der Waals surface area contributed by atoms with E-state index in [1.54, 1.807) is 25.2 Å². The van der Waals surface area contributed by atoms with E-state index in [1.807, 2.05) is 38.1 Å². The molecule has 11 heteroatoms. The van der Waals surface area contributed by atoms with E-state index in [0.717, 1.165) is 44.5 Å². The number of amides is 4. The Kier molecular flexibility index (Phi) is 12.1. The number of likely N-dealkylation sites (N-methyl/N-ethyl adjacent to an activating group) is 1. The molecule has 2 heterocycles. The first-order valence-electron chi connectivity index (χ1n) is 15.5. The zero-order chi connectivity index (χ0) is 32.3. The fourth-order valence-electron chi connectivity index (χ4n) is 5.13. The van der Waals surface area contributed by atoms with Gasteiger partial charge in [0.25, 0.3) is 5.91 Å². The van der Waals surface area contributed by atoms with Crippen LogP contribution in [-0.4, -0.2) is 60.5 Å². The van der Waals surface area contributed by atoms with Crippen LogP contribution >= 0.6 is 11.3 Å². The van der Waals surface area contributed by atoms with E-state index >= 15 is 0 Å². The fourth-order valence-corrected chi connectivity index (χ4v) is 5.81. The molecule has 4 N–H and O–H groups in total. The summed E-state index contributed by atoms with van der Waals surface area (Å²) in [5.74, 6) is 0.643. The van der Waals surface area contributed by atoms with Crippen LogP contribution in [0.4, 0.5) is 15.6 Å². The monoisotopic (exact) mass is 632 g/mol. The van der Waals surface area contributed by atoms with Crippen molar-refractivity contribution < 1.29 is 19.1 Å². The first-order chi connectivity index (χ1) is 21.7. The number of ether oxygens (including phenoxy) is 1. The molecular formula is C34H44N6O4S. The number of rotatable bonds is 13. The minimum Gasteiger partial charge on any atom is -0.445 e. The summed E-state index contributed by atoms with van der Waals surface area (Å²) < 4.78 is 6.08. The van der Waals surface area contributed by atoms with Crippen molar-refractivity contribution in [2.45, 2.75) is 59.4 Å². The lowest BCUT2D eigenvalue weighted by molar-refractivity contribution is -0.119. The Bertz CT molecular complexity index is 1500. The van der Waals surface area contributed by atoms with Gasteiger partial charge in [-0.2, -0.15) is 0 Å². The van der Waals surface area contributed by atoms with Gasteiger partial charge in [-0.1, -0.05) is 57.2 Å². The third-order valence-corrected chi connectivity index (χ3v) is 8.41. The fraction of sp³-hybridized carbons (Fsp3) is 0.412. The summed E-state index contributed by atoms with van der Waals surface area (Å²) in [7, 11) is 1.56. The number of carbonyl (C=O) groups is 3. The molecule has 3 aromatic rings. The summed E-state index contributed by atoms with van der Waals surface area (Å²) in [6, 6.07) is 12.6. The largest absolute Gasteiger partial charge is 0.445 e. The second-order valence-electron chi connectivity index (χ2n) is 11.5. The summed E-state index contributed by atoms with van der Waals surface area (Å²) in [5.41, 5.74) is 4.13. The van der Waals surface area contributed by atoms with Crippen LogP contribution in [0.5, 0.6) is 10.8 Å². The molecule has 2 aromatic carbocycles. The number of hydrogen-bond donors (Lipinski definition) is 4. The zero-order valence-corrected chi connectivity index (χ0v) is 27.6. The molecule has 0 unspecified atom stereocenters. The molecule has 0 atom stereocenters. The van der Waals surface area contributed by atoms with Gasteiger partial charge in [0.2, 0.25) is 11.0 Å². The number of aromatic nitrogens is 1. The Hall–Kier alpha value is -4.22. The molecule has 4 rings (SSSR count). The van der Waals surface area contributed by atoms with Crippen LogP contribution < -0.4 is 26.0 Å². The predicted molar refractivity (Wildman–Crippen MR) is 181 cm³/mol. The number of carbonyl (C=O) groups excluding carboxylic acids is 3. The van der Waals surface area contributed by atoms with E-state index in [-0.39, 0.29) is 30.3 Å². The van der Waals surface area contributed by atoms with E-state index in [4.69, 9.17) is 4.74 Å². The number of urea groups is 1. The van der Waals surface area contributed by atoms with E-state index in [0.29, 0.717) is 38.7 Å². The van der Waals surface area contributed by atoms with Crippen molar-refractivity contribution >= 4 is 45.6 Å². The van der Waals surface area contributed by atoms with E-state index < -0.39 is 0 Å². The maximum atomic E-state index is 13.0. The molecule has 45 heavy (non-hydrogen) atoms. The molecule has 0 spiro atoms. The first-order valence-corrected chi connectivity index (χ1v) is 16.4. The lowest BCUT2D eigenvalue weighted by Gasteiger charge is -2.27. The van der Waals surface area contributed by atoms with Gasteiger partial charge in [-0.3, -0.25) is 19.8 Å². The highest BCUT2D eigenvalue weighted by atomic mass is 32.1. The minimum absolute atomic E-state index is 0.0566. The lowest BCUT2D eigenvalue weighted by Crippen LogP contribution is -2.37. The molecule has 240 valence electrons. The molecule has 1 aliphatic rings. The van der Waals surface area contributed by atoms with Gasteiger partial charge in [0.05, 0.1) is 12.6 Å². The molecule has 0 aliphatic carbocycles. The first kappa shape index (κ1) is 33.7. The van der Waals surface area contributed by atoms with Gasteiger partial charge >= 0.3 is 6.03 Å². The lowest BCUT2D eigenvalue weighted by atomic mass is 9.98. The van der Waals surface area contributed by atoms with Crippen molar-refractivity contribution in [2.75, 3.05) is 37.3 Å². The highest BCUT2D eigenvalue weighted by Crippen LogP contribution is 2.34. The van der Waals surface area contributed by atoms with Gasteiger partial charge in [-0.25, -0.2) is 9.78 Å². The van der Waals surface area contributed by atoms with E-state index in [9.17, 15) is 14.4 Å². The number of nitrogens with zero attached hydrogens (tertiary/aromatic N) is 2. The van der Waals surface area contributed by atoms with Crippen LogP contribution in [0.3, 0.4) is 0 Å². The van der Waals surface area contributed by atoms with Crippen molar-refractivity contribution in [3.63, 3.8) is 0 Å². The van der Waals surface area contributed by atoms with Crippen LogP contribution in [0.1, 0.15) is 68.4 Å². The van der Waals surface area contributed by atoms with Gasteiger partial charge in [-0.15, -0.1) is 0 Å². The molecule has 4 amide bonds. The van der Waals surface area contributed by atoms with Gasteiger partial charge in [0, 0.05) is 49.5 Å². The molecule has 1 aromatic heterocycles. The van der Waals surface area contributed by atoms with E-state index in [2.05, 4.69) is 51.1 Å². The zero-order valence-electron chi connectivity index (χ0n) is 26.7. The average molecular weight is 633 g/mol. The van der Waals surface area contributed by atoms with Crippen LogP contribution in [0.15, 0.2) is 54.7 Å². The minimum atomic E-state index is -0.305. The van der Waals surface area contributed by atoms with Crippen molar-refractivity contribution in [3.8, 4) is 10.8 Å². The standard InChI is InChI=1S/C34H44N6O4S/c1-6-27(7-2)37-33(43)38-28-12-13-29(26(18-28)19-30(41)35-5)44-31-20-36-34(45-31)39-32(42)25-10-8-23(9-11-25)24-14-16-40(17-15-24)21-22(3)4/h8-14,18,20,22,27H,6-7,15-17,19,21H2,1-5H3,(H,35,41)(H,36,39,42)(H2,37,38,43). The maximum Gasteiger partial charge on any atom is 0.319 e. The molecular weight excluding hydrogens is 588 g/mol. The van der Waals surface area contributed by atoms with Gasteiger partial charge in [0.1, 0.15) is 5.75 Å². The highest BCUT2D eigenvalue weighted by molar-refractivity contribution is 7.17. The van der Waals surface area contributed by atoms with Gasteiger partial charge in [0.15, 0.2) is 5.13 Å². The quantitative estimate of drug-likeness (QED) is 0.170. The van der Waals surface area contributed by atoms with Crippen LogP contribution in [0.25, 0.3) is 5.57 Å². The molecule has 0 bridgehead atoms. The summed E-state index contributed by atoms with van der Waals surface area (Å²) in [4.78, 5) is 44.4. The Balaban J connectivity index is 1.38. The predicted octanol–water partition coefficient (Wildman–Crippen LogP) is 6.53. The Morgan fingerprint density at radius 2 is 1.80 bits per heavy atom. The smallest absolute Gasteiger partial charge is 0.319 e. The van der Waals surface area contributed by atoms with Crippen molar-refractivity contribution in [2.24, 2.45) is 5.92 Å². The number of benzene rings is 2. The number of hydrogen-bond acceptors (Lipinski definition) is 7. The van der Waals surface area contributed by atoms with Crippen LogP contribution in [0.2, 0.25) is 0 Å². The molecule has 0 saturated carbocycles. The summed E-state index contributed by atoms with van der Waals surface area (Å²) >= 11 is 1.18. The SMILES string of the molecule is CCC(CC)NC(=O)Nc1ccc(Oc2cnc(NC(=O)c3ccc(C4=CCN(CC(C)C)CC4)cc3)s2)c(CC(=O)NC)c1. The summed E-state index contributed by atoms with van der Waals surface area (Å²) in [5, 5.41) is 12.1. The van der Waals surface area contributed by atoms with Gasteiger partial charge in [-0.05, 0) is 66.6 Å². The molecule has 0 radical (unpaired) electrons. The average Bonchev–Trinajstić information content (AvgIpc) is 3.47. The normalized spacial score (nSPS) is 13.4. The number of anilines is 2. The molecule has 10 nitrogen and oxygen atoms in total. The topological polar surface area (TPSA) is 125 Å². The third-order valence-electron chi connectivity index (χ3n) is 7.62. The van der Waals surface area contributed by atoms with Crippen molar-refractivity contribution in [1.82, 2.24) is 20.5 Å².